The molecule has 0 aliphatic carbocycles. The summed E-state index contributed by atoms with van der Waals surface area (Å²) in [6, 6.07) is 11.8. The van der Waals surface area contributed by atoms with E-state index in [1.807, 2.05) is 0 Å². The maximum atomic E-state index is 3.53. The van der Waals surface area contributed by atoms with Gasteiger partial charge in [-0.1, -0.05) is 25.1 Å². The van der Waals surface area contributed by atoms with Crippen molar-refractivity contribution in [3.8, 4) is 0 Å². The Morgan fingerprint density at radius 2 is 1.50 bits per heavy atom. The quantitative estimate of drug-likeness (QED) is 0.861. The molecule has 112 valence electrons. The van der Waals surface area contributed by atoms with Gasteiger partial charge < -0.3 is 5.32 Å². The number of benzene rings is 1. The summed E-state index contributed by atoms with van der Waals surface area (Å²) in [6.07, 6.45) is 1.26. The largest absolute Gasteiger partial charge is 0.383 e. The molecule has 1 saturated heterocycles. The average Bonchev–Trinajstić information content (AvgIpc) is 2.53. The number of piperazine rings is 1. The number of anilines is 1. The normalized spacial score (nSPS) is 20.6. The summed E-state index contributed by atoms with van der Waals surface area (Å²) < 4.78 is 0. The van der Waals surface area contributed by atoms with Crippen LogP contribution in [-0.2, 0) is 0 Å². The van der Waals surface area contributed by atoms with Crippen LogP contribution in [0, 0.1) is 0 Å². The molecule has 20 heavy (non-hydrogen) atoms. The molecule has 3 heteroatoms. The van der Waals surface area contributed by atoms with E-state index in [2.05, 4.69) is 66.2 Å². The predicted octanol–water partition coefficient (Wildman–Crippen LogP) is 2.90. The van der Waals surface area contributed by atoms with Gasteiger partial charge in [0.2, 0.25) is 0 Å². The molecule has 2 unspecified atom stereocenters. The number of hydrogen-bond acceptors (Lipinski definition) is 3. The topological polar surface area (TPSA) is 18.5 Å². The minimum atomic E-state index is 0.592. The zero-order chi connectivity index (χ0) is 14.4. The fraction of sp³-hybridized carbons (Fsp3) is 0.647. The van der Waals surface area contributed by atoms with E-state index in [4.69, 9.17) is 0 Å². The molecular formula is C17H29N3. The van der Waals surface area contributed by atoms with E-state index < -0.39 is 0 Å². The van der Waals surface area contributed by atoms with Crippen molar-refractivity contribution in [2.45, 2.75) is 39.3 Å². The van der Waals surface area contributed by atoms with Crippen LogP contribution >= 0.6 is 0 Å². The summed E-state index contributed by atoms with van der Waals surface area (Å²) in [6.45, 7) is 12.8. The Balaban J connectivity index is 1.73. The second-order valence-electron chi connectivity index (χ2n) is 5.93. The summed E-state index contributed by atoms with van der Waals surface area (Å²) in [5, 5.41) is 3.53. The number of hydrogen-bond donors (Lipinski definition) is 1. The van der Waals surface area contributed by atoms with Gasteiger partial charge in [-0.05, 0) is 32.4 Å². The van der Waals surface area contributed by atoms with Gasteiger partial charge in [-0.25, -0.2) is 0 Å². The number of nitrogens with one attached hydrogen (secondary N) is 1. The lowest BCUT2D eigenvalue weighted by Crippen LogP contribution is -2.53. The van der Waals surface area contributed by atoms with Gasteiger partial charge in [0.15, 0.2) is 0 Å². The van der Waals surface area contributed by atoms with Gasteiger partial charge in [-0.15, -0.1) is 0 Å². The van der Waals surface area contributed by atoms with Gasteiger partial charge in [0, 0.05) is 50.5 Å². The Morgan fingerprint density at radius 3 is 2.05 bits per heavy atom. The van der Waals surface area contributed by atoms with Crippen molar-refractivity contribution in [2.75, 3.05) is 38.0 Å². The van der Waals surface area contributed by atoms with Crippen molar-refractivity contribution in [2.24, 2.45) is 0 Å². The van der Waals surface area contributed by atoms with Crippen molar-refractivity contribution in [3.63, 3.8) is 0 Å². The molecule has 0 amide bonds. The molecule has 1 aliphatic heterocycles. The summed E-state index contributed by atoms with van der Waals surface area (Å²) in [4.78, 5) is 5.22. The molecule has 1 aliphatic rings. The molecule has 2 atom stereocenters. The van der Waals surface area contributed by atoms with Gasteiger partial charge in [0.25, 0.3) is 0 Å². The highest BCUT2D eigenvalue weighted by atomic mass is 15.3. The minimum absolute atomic E-state index is 0.592. The van der Waals surface area contributed by atoms with Gasteiger partial charge in [0.05, 0.1) is 0 Å². The fourth-order valence-corrected chi connectivity index (χ4v) is 2.83. The first-order valence-corrected chi connectivity index (χ1v) is 7.97. The Hall–Kier alpha value is -1.06. The van der Waals surface area contributed by atoms with Crippen LogP contribution in [-0.4, -0.2) is 54.6 Å². The fourth-order valence-electron chi connectivity index (χ4n) is 2.83. The van der Waals surface area contributed by atoms with Crippen LogP contribution in [0.5, 0.6) is 0 Å². The van der Waals surface area contributed by atoms with Crippen molar-refractivity contribution in [1.29, 1.82) is 0 Å². The SMILES string of the molecule is CCC(C)N1CCN(C(C)CNc2ccccc2)CC1. The van der Waals surface area contributed by atoms with E-state index in [-0.39, 0.29) is 0 Å². The van der Waals surface area contributed by atoms with Crippen LogP contribution in [0.3, 0.4) is 0 Å². The molecule has 1 aromatic rings. The standard InChI is InChI=1S/C17H29N3/c1-4-15(2)19-10-12-20(13-11-19)16(3)14-18-17-8-6-5-7-9-17/h5-9,15-16,18H,4,10-14H2,1-3H3. The highest BCUT2D eigenvalue weighted by Gasteiger charge is 2.22. The monoisotopic (exact) mass is 275 g/mol. The van der Waals surface area contributed by atoms with Crippen molar-refractivity contribution in [3.05, 3.63) is 30.3 Å². The highest BCUT2D eigenvalue weighted by Crippen LogP contribution is 2.12. The third-order valence-corrected chi connectivity index (χ3v) is 4.56. The van der Waals surface area contributed by atoms with Gasteiger partial charge in [-0.2, -0.15) is 0 Å². The van der Waals surface area contributed by atoms with Crippen LogP contribution in [0.15, 0.2) is 30.3 Å². The first kappa shape index (κ1) is 15.3. The zero-order valence-electron chi connectivity index (χ0n) is 13.2. The molecule has 0 spiro atoms. The number of nitrogens with zero attached hydrogens (tertiary/aromatic N) is 2. The highest BCUT2D eigenvalue weighted by molar-refractivity contribution is 5.42. The first-order valence-electron chi connectivity index (χ1n) is 7.97. The van der Waals surface area contributed by atoms with E-state index in [0.717, 1.165) is 12.6 Å². The van der Waals surface area contributed by atoms with E-state index in [1.54, 1.807) is 0 Å². The Labute approximate surface area is 124 Å². The molecule has 1 aromatic carbocycles. The molecule has 3 nitrogen and oxygen atoms in total. The molecule has 0 bridgehead atoms. The number of rotatable bonds is 6. The maximum absolute atomic E-state index is 3.53. The van der Waals surface area contributed by atoms with Crippen molar-refractivity contribution >= 4 is 5.69 Å². The second-order valence-corrected chi connectivity index (χ2v) is 5.93. The van der Waals surface area contributed by atoms with Crippen LogP contribution < -0.4 is 5.32 Å². The number of para-hydroxylation sites is 1. The van der Waals surface area contributed by atoms with E-state index in [1.165, 1.54) is 38.3 Å². The molecule has 0 saturated carbocycles. The molecular weight excluding hydrogens is 246 g/mol. The summed E-state index contributed by atoms with van der Waals surface area (Å²) >= 11 is 0. The van der Waals surface area contributed by atoms with Crippen LogP contribution in [0.2, 0.25) is 0 Å². The van der Waals surface area contributed by atoms with Gasteiger partial charge >= 0.3 is 0 Å². The van der Waals surface area contributed by atoms with E-state index in [9.17, 15) is 0 Å². The molecule has 0 radical (unpaired) electrons. The maximum Gasteiger partial charge on any atom is 0.0340 e. The summed E-state index contributed by atoms with van der Waals surface area (Å²) in [5.74, 6) is 0. The predicted molar refractivity (Wildman–Crippen MR) is 87.3 cm³/mol. The van der Waals surface area contributed by atoms with Gasteiger partial charge in [-0.3, -0.25) is 9.80 Å². The Morgan fingerprint density at radius 1 is 0.950 bits per heavy atom. The molecule has 1 N–H and O–H groups in total. The van der Waals surface area contributed by atoms with Crippen LogP contribution in [0.25, 0.3) is 0 Å². The molecule has 2 rings (SSSR count). The van der Waals surface area contributed by atoms with Crippen LogP contribution in [0.4, 0.5) is 5.69 Å². The average molecular weight is 275 g/mol. The lowest BCUT2D eigenvalue weighted by molar-refractivity contribution is 0.0807. The molecule has 0 aromatic heterocycles. The van der Waals surface area contributed by atoms with E-state index >= 15 is 0 Å². The summed E-state index contributed by atoms with van der Waals surface area (Å²) in [5.41, 5.74) is 1.22. The molecule has 1 heterocycles. The van der Waals surface area contributed by atoms with Crippen LogP contribution in [0.1, 0.15) is 27.2 Å². The third kappa shape index (κ3) is 4.22. The smallest absolute Gasteiger partial charge is 0.0340 e. The van der Waals surface area contributed by atoms with Crippen molar-refractivity contribution in [1.82, 2.24) is 9.80 Å². The second kappa shape index (κ2) is 7.65. The third-order valence-electron chi connectivity index (χ3n) is 4.56. The first-order chi connectivity index (χ1) is 9.70. The zero-order valence-corrected chi connectivity index (χ0v) is 13.2. The van der Waals surface area contributed by atoms with Crippen molar-refractivity contribution < 1.29 is 0 Å². The minimum Gasteiger partial charge on any atom is -0.383 e. The van der Waals surface area contributed by atoms with E-state index in [0.29, 0.717) is 6.04 Å². The summed E-state index contributed by atoms with van der Waals surface area (Å²) in [7, 11) is 0. The Bertz CT molecular complexity index is 371. The van der Waals surface area contributed by atoms with Gasteiger partial charge in [0.1, 0.15) is 0 Å². The molecule has 1 fully saturated rings. The lowest BCUT2D eigenvalue weighted by Gasteiger charge is -2.40. The lowest BCUT2D eigenvalue weighted by atomic mass is 10.1. The Kier molecular flexibility index (Phi) is 5.86.